The zero-order valence-corrected chi connectivity index (χ0v) is 13.7. The van der Waals surface area contributed by atoms with Crippen LogP contribution in [-0.4, -0.2) is 13.2 Å². The van der Waals surface area contributed by atoms with Crippen LogP contribution in [-0.2, 0) is 0 Å². The summed E-state index contributed by atoms with van der Waals surface area (Å²) in [7, 11) is 0. The Hall–Kier alpha value is -1.33. The molecule has 0 fully saturated rings. The Balaban J connectivity index is 3.21. The van der Waals surface area contributed by atoms with E-state index in [4.69, 9.17) is 21.1 Å². The second-order valence-corrected chi connectivity index (χ2v) is 5.07. The van der Waals surface area contributed by atoms with E-state index in [1.807, 2.05) is 32.9 Å². The molecule has 0 saturated heterocycles. The molecule has 0 amide bonds. The summed E-state index contributed by atoms with van der Waals surface area (Å²) in [4.78, 5) is 0. The molecule has 0 aliphatic rings. The Labute approximate surface area is 127 Å². The van der Waals surface area contributed by atoms with Crippen LogP contribution in [0.25, 0.3) is 0 Å². The molecular weight excluding hydrogens is 272 g/mol. The van der Waals surface area contributed by atoms with Crippen LogP contribution in [0, 0.1) is 17.8 Å². The van der Waals surface area contributed by atoms with Crippen molar-refractivity contribution in [3.63, 3.8) is 0 Å². The van der Waals surface area contributed by atoms with Crippen molar-refractivity contribution in [2.24, 2.45) is 5.92 Å². The van der Waals surface area contributed by atoms with Crippen molar-refractivity contribution >= 4 is 11.6 Å². The van der Waals surface area contributed by atoms with Gasteiger partial charge in [-0.2, -0.15) is 0 Å². The number of rotatable bonds is 6. The maximum atomic E-state index is 6.29. The smallest absolute Gasteiger partial charge is 0.141 e. The van der Waals surface area contributed by atoms with Crippen LogP contribution in [0.4, 0.5) is 0 Å². The molecule has 0 saturated carbocycles. The quantitative estimate of drug-likeness (QED) is 0.695. The first kappa shape index (κ1) is 16.7. The topological polar surface area (TPSA) is 18.5 Å². The fraction of sp³-hybridized carbons (Fsp3) is 0.529. The summed E-state index contributed by atoms with van der Waals surface area (Å²) in [5, 5.41) is 0.619. The zero-order chi connectivity index (χ0) is 15.1. The minimum Gasteiger partial charge on any atom is -0.493 e. The molecule has 0 spiro atoms. The summed E-state index contributed by atoms with van der Waals surface area (Å²) in [5.41, 5.74) is 1.08. The Bertz CT molecular complexity index is 500. The lowest BCUT2D eigenvalue weighted by Crippen LogP contribution is -2.08. The molecule has 0 aliphatic carbocycles. The molecular formula is C17H23ClO2. The summed E-state index contributed by atoms with van der Waals surface area (Å²) in [6.07, 6.45) is 0. The van der Waals surface area contributed by atoms with Crippen LogP contribution in [0.15, 0.2) is 12.1 Å². The molecule has 2 atom stereocenters. The number of hydrogen-bond acceptors (Lipinski definition) is 2. The van der Waals surface area contributed by atoms with Gasteiger partial charge in [0, 0.05) is 12.0 Å². The zero-order valence-electron chi connectivity index (χ0n) is 12.9. The van der Waals surface area contributed by atoms with Crippen LogP contribution in [0.5, 0.6) is 11.5 Å². The van der Waals surface area contributed by atoms with E-state index in [0.29, 0.717) is 24.0 Å². The summed E-state index contributed by atoms with van der Waals surface area (Å²) in [6.45, 7) is 11.2. The lowest BCUT2D eigenvalue weighted by Gasteiger charge is -2.21. The van der Waals surface area contributed by atoms with Crippen molar-refractivity contribution in [2.45, 2.75) is 40.5 Å². The van der Waals surface area contributed by atoms with Gasteiger partial charge in [0.15, 0.2) is 0 Å². The molecule has 1 aromatic carbocycles. The SMILES string of the molecule is CC#CC(C)C(C)c1cc(Cl)c(OCC)cc1OCC. The first-order valence-electron chi connectivity index (χ1n) is 7.06. The van der Waals surface area contributed by atoms with E-state index < -0.39 is 0 Å². The third kappa shape index (κ3) is 4.08. The highest BCUT2D eigenvalue weighted by atomic mass is 35.5. The average Bonchev–Trinajstić information content (AvgIpc) is 2.42. The van der Waals surface area contributed by atoms with Crippen molar-refractivity contribution in [1.29, 1.82) is 0 Å². The lowest BCUT2D eigenvalue weighted by atomic mass is 9.88. The normalized spacial score (nSPS) is 13.1. The summed E-state index contributed by atoms with van der Waals surface area (Å²) < 4.78 is 11.3. The molecule has 110 valence electrons. The number of ether oxygens (including phenoxy) is 2. The van der Waals surface area contributed by atoms with Gasteiger partial charge in [-0.25, -0.2) is 0 Å². The minimum absolute atomic E-state index is 0.244. The van der Waals surface area contributed by atoms with E-state index in [1.54, 1.807) is 0 Å². The van der Waals surface area contributed by atoms with Crippen LogP contribution < -0.4 is 9.47 Å². The largest absolute Gasteiger partial charge is 0.493 e. The van der Waals surface area contributed by atoms with Crippen LogP contribution in [0.2, 0.25) is 5.02 Å². The van der Waals surface area contributed by atoms with Gasteiger partial charge in [0.1, 0.15) is 11.5 Å². The van der Waals surface area contributed by atoms with Gasteiger partial charge < -0.3 is 9.47 Å². The van der Waals surface area contributed by atoms with Crippen molar-refractivity contribution in [1.82, 2.24) is 0 Å². The average molecular weight is 295 g/mol. The highest BCUT2D eigenvalue weighted by Crippen LogP contribution is 2.39. The third-order valence-corrected chi connectivity index (χ3v) is 3.57. The number of halogens is 1. The molecule has 0 radical (unpaired) electrons. The van der Waals surface area contributed by atoms with Gasteiger partial charge in [-0.1, -0.05) is 31.4 Å². The Morgan fingerprint density at radius 3 is 2.25 bits per heavy atom. The van der Waals surface area contributed by atoms with E-state index in [-0.39, 0.29) is 11.8 Å². The monoisotopic (exact) mass is 294 g/mol. The maximum absolute atomic E-state index is 6.29. The summed E-state index contributed by atoms with van der Waals surface area (Å²) in [5.74, 6) is 8.15. The van der Waals surface area contributed by atoms with Gasteiger partial charge in [-0.3, -0.25) is 0 Å². The summed E-state index contributed by atoms with van der Waals surface area (Å²) in [6, 6.07) is 3.82. The fourth-order valence-corrected chi connectivity index (χ4v) is 2.30. The van der Waals surface area contributed by atoms with Crippen LogP contribution in [0.3, 0.4) is 0 Å². The standard InChI is InChI=1S/C17H23ClO2/c1-6-9-12(4)13(5)14-10-15(18)17(20-8-3)11-16(14)19-7-2/h10-13H,7-8H2,1-5H3. The Morgan fingerprint density at radius 2 is 1.70 bits per heavy atom. The first-order chi connectivity index (χ1) is 9.54. The molecule has 1 rings (SSSR count). The number of benzene rings is 1. The number of hydrogen-bond donors (Lipinski definition) is 0. The molecule has 3 heteroatoms. The second kappa shape index (κ2) is 8.07. The highest BCUT2D eigenvalue weighted by molar-refractivity contribution is 6.32. The molecule has 0 N–H and O–H groups in total. The van der Waals surface area contributed by atoms with Gasteiger partial charge >= 0.3 is 0 Å². The maximum Gasteiger partial charge on any atom is 0.141 e. The van der Waals surface area contributed by atoms with E-state index in [9.17, 15) is 0 Å². The molecule has 0 aliphatic heterocycles. The molecule has 0 heterocycles. The van der Waals surface area contributed by atoms with E-state index in [0.717, 1.165) is 11.3 Å². The van der Waals surface area contributed by atoms with Crippen molar-refractivity contribution < 1.29 is 9.47 Å². The predicted molar refractivity (Wildman–Crippen MR) is 84.8 cm³/mol. The lowest BCUT2D eigenvalue weighted by molar-refractivity contribution is 0.318. The predicted octanol–water partition coefficient (Wildman–Crippen LogP) is 4.90. The minimum atomic E-state index is 0.244. The van der Waals surface area contributed by atoms with E-state index in [2.05, 4.69) is 25.7 Å². The Kier molecular flexibility index (Phi) is 6.75. The van der Waals surface area contributed by atoms with Crippen molar-refractivity contribution in [3.8, 4) is 23.3 Å². The summed E-state index contributed by atoms with van der Waals surface area (Å²) >= 11 is 6.29. The second-order valence-electron chi connectivity index (χ2n) is 4.66. The van der Waals surface area contributed by atoms with Gasteiger partial charge in [-0.15, -0.1) is 5.92 Å². The van der Waals surface area contributed by atoms with Gasteiger partial charge in [0.05, 0.1) is 18.2 Å². The van der Waals surface area contributed by atoms with Gasteiger partial charge in [0.25, 0.3) is 0 Å². The molecule has 0 bridgehead atoms. The molecule has 2 nitrogen and oxygen atoms in total. The van der Waals surface area contributed by atoms with Crippen molar-refractivity contribution in [2.75, 3.05) is 13.2 Å². The fourth-order valence-electron chi connectivity index (χ4n) is 2.07. The first-order valence-corrected chi connectivity index (χ1v) is 7.44. The van der Waals surface area contributed by atoms with Gasteiger partial charge in [0.2, 0.25) is 0 Å². The molecule has 2 unspecified atom stereocenters. The van der Waals surface area contributed by atoms with Crippen LogP contribution in [0.1, 0.15) is 46.1 Å². The van der Waals surface area contributed by atoms with E-state index in [1.165, 1.54) is 0 Å². The third-order valence-electron chi connectivity index (χ3n) is 3.28. The Morgan fingerprint density at radius 1 is 1.10 bits per heavy atom. The molecule has 20 heavy (non-hydrogen) atoms. The molecule has 1 aromatic rings. The van der Waals surface area contributed by atoms with Gasteiger partial charge in [-0.05, 0) is 38.3 Å². The van der Waals surface area contributed by atoms with Crippen LogP contribution >= 0.6 is 11.6 Å². The highest BCUT2D eigenvalue weighted by Gasteiger charge is 2.19. The molecule has 0 aromatic heterocycles. The van der Waals surface area contributed by atoms with Crippen molar-refractivity contribution in [3.05, 3.63) is 22.7 Å². The van der Waals surface area contributed by atoms with E-state index >= 15 is 0 Å².